The summed E-state index contributed by atoms with van der Waals surface area (Å²) in [6.45, 7) is 2.67. The van der Waals surface area contributed by atoms with Crippen LogP contribution in [0.4, 0.5) is 5.69 Å². The predicted molar refractivity (Wildman–Crippen MR) is 83.8 cm³/mol. The second-order valence-corrected chi connectivity index (χ2v) is 7.31. The number of amides is 1. The maximum Gasteiger partial charge on any atom is 0.253 e. The van der Waals surface area contributed by atoms with Gasteiger partial charge in [0.1, 0.15) is 0 Å². The van der Waals surface area contributed by atoms with E-state index in [0.717, 1.165) is 12.8 Å². The average Bonchev–Trinajstić information content (AvgIpc) is 2.54. The first kappa shape index (κ1) is 16.3. The molecular weight excluding hydrogens is 302 g/mol. The van der Waals surface area contributed by atoms with E-state index in [-0.39, 0.29) is 17.6 Å². The Morgan fingerprint density at radius 1 is 1.41 bits per heavy atom. The molecule has 1 aromatic carbocycles. The zero-order chi connectivity index (χ0) is 16.2. The molecule has 1 aromatic rings. The van der Waals surface area contributed by atoms with Gasteiger partial charge < -0.3 is 4.90 Å². The fourth-order valence-electron chi connectivity index (χ4n) is 2.38. The van der Waals surface area contributed by atoms with Gasteiger partial charge in [-0.05, 0) is 44.0 Å². The van der Waals surface area contributed by atoms with Gasteiger partial charge in [0.15, 0.2) is 0 Å². The molecule has 1 unspecified atom stereocenters. The molecule has 0 aliphatic carbocycles. The van der Waals surface area contributed by atoms with Gasteiger partial charge in [0.05, 0.1) is 17.7 Å². The fraction of sp³-hybridized carbons (Fsp3) is 0.467. The SMILES string of the molecule is CCS(=O)(=O)Nc1ccc(C(=O)N2CCCC(C#N)C2)cc1. The summed E-state index contributed by atoms with van der Waals surface area (Å²) >= 11 is 0. The topological polar surface area (TPSA) is 90.3 Å². The second-order valence-electron chi connectivity index (χ2n) is 5.30. The first-order valence-electron chi connectivity index (χ1n) is 7.24. The maximum absolute atomic E-state index is 12.4. The standard InChI is InChI=1S/C15H19N3O3S/c1-2-22(20,21)17-14-7-5-13(6-8-14)15(19)18-9-3-4-12(10-16)11-18/h5-8,12,17H,2-4,9,11H2,1H3. The van der Waals surface area contributed by atoms with Crippen molar-refractivity contribution < 1.29 is 13.2 Å². The Labute approximate surface area is 130 Å². The number of rotatable bonds is 4. The van der Waals surface area contributed by atoms with Crippen molar-refractivity contribution in [3.8, 4) is 6.07 Å². The highest BCUT2D eigenvalue weighted by Gasteiger charge is 2.24. The molecule has 1 aliphatic rings. The number of hydrogen-bond acceptors (Lipinski definition) is 4. The van der Waals surface area contributed by atoms with E-state index in [0.29, 0.717) is 24.3 Å². The van der Waals surface area contributed by atoms with E-state index < -0.39 is 10.0 Å². The van der Waals surface area contributed by atoms with Crippen molar-refractivity contribution in [1.29, 1.82) is 5.26 Å². The van der Waals surface area contributed by atoms with Crippen molar-refractivity contribution in [2.45, 2.75) is 19.8 Å². The highest BCUT2D eigenvalue weighted by atomic mass is 32.2. The summed E-state index contributed by atoms with van der Waals surface area (Å²) in [5.41, 5.74) is 0.935. The minimum absolute atomic E-state index is 0.00297. The third kappa shape index (κ3) is 3.98. The lowest BCUT2D eigenvalue weighted by Gasteiger charge is -2.29. The van der Waals surface area contributed by atoms with E-state index in [1.54, 1.807) is 36.1 Å². The van der Waals surface area contributed by atoms with Gasteiger partial charge in [-0.15, -0.1) is 0 Å². The lowest BCUT2D eigenvalue weighted by molar-refractivity contribution is 0.0699. The molecule has 1 N–H and O–H groups in total. The van der Waals surface area contributed by atoms with E-state index in [9.17, 15) is 13.2 Å². The first-order valence-corrected chi connectivity index (χ1v) is 8.90. The quantitative estimate of drug-likeness (QED) is 0.916. The molecule has 1 saturated heterocycles. The lowest BCUT2D eigenvalue weighted by atomic mass is 9.99. The minimum atomic E-state index is -3.32. The third-order valence-corrected chi connectivity index (χ3v) is 4.98. The van der Waals surface area contributed by atoms with Crippen LogP contribution in [-0.2, 0) is 10.0 Å². The van der Waals surface area contributed by atoms with Crippen LogP contribution >= 0.6 is 0 Å². The van der Waals surface area contributed by atoms with E-state index in [4.69, 9.17) is 5.26 Å². The Hall–Kier alpha value is -2.07. The van der Waals surface area contributed by atoms with Crippen LogP contribution in [0, 0.1) is 17.2 Å². The molecular formula is C15H19N3O3S. The summed E-state index contributed by atoms with van der Waals surface area (Å²) in [5, 5.41) is 8.98. The van der Waals surface area contributed by atoms with Crippen LogP contribution in [0.5, 0.6) is 0 Å². The van der Waals surface area contributed by atoms with Crippen molar-refractivity contribution in [2.24, 2.45) is 5.92 Å². The summed E-state index contributed by atoms with van der Waals surface area (Å²) in [6, 6.07) is 8.57. The molecule has 1 heterocycles. The third-order valence-electron chi connectivity index (χ3n) is 3.68. The maximum atomic E-state index is 12.4. The Morgan fingerprint density at radius 2 is 2.09 bits per heavy atom. The molecule has 7 heteroatoms. The number of nitrogens with zero attached hydrogens (tertiary/aromatic N) is 2. The molecule has 1 atom stereocenters. The minimum Gasteiger partial charge on any atom is -0.337 e. The molecule has 0 radical (unpaired) electrons. The monoisotopic (exact) mass is 321 g/mol. The number of nitriles is 1. The van der Waals surface area contributed by atoms with Crippen LogP contribution < -0.4 is 4.72 Å². The summed E-state index contributed by atoms with van der Waals surface area (Å²) in [6.07, 6.45) is 1.66. The van der Waals surface area contributed by atoms with Crippen LogP contribution in [0.2, 0.25) is 0 Å². The number of anilines is 1. The van der Waals surface area contributed by atoms with E-state index in [1.807, 2.05) is 0 Å². The molecule has 2 rings (SSSR count). The molecule has 0 spiro atoms. The first-order chi connectivity index (χ1) is 10.4. The summed E-state index contributed by atoms with van der Waals surface area (Å²) in [4.78, 5) is 14.1. The molecule has 1 aliphatic heterocycles. The van der Waals surface area contributed by atoms with Gasteiger partial charge in [0.2, 0.25) is 10.0 Å². The van der Waals surface area contributed by atoms with Gasteiger partial charge in [-0.3, -0.25) is 9.52 Å². The van der Waals surface area contributed by atoms with E-state index in [1.165, 1.54) is 0 Å². The predicted octanol–water partition coefficient (Wildman–Crippen LogP) is 1.82. The van der Waals surface area contributed by atoms with Gasteiger partial charge in [0.25, 0.3) is 5.91 Å². The van der Waals surface area contributed by atoms with E-state index in [2.05, 4.69) is 10.8 Å². The number of carbonyl (C=O) groups excluding carboxylic acids is 1. The number of sulfonamides is 1. The van der Waals surface area contributed by atoms with Crippen molar-refractivity contribution in [2.75, 3.05) is 23.6 Å². The Bertz CT molecular complexity index is 677. The number of nitrogens with one attached hydrogen (secondary N) is 1. The van der Waals surface area contributed by atoms with Crippen LogP contribution in [0.25, 0.3) is 0 Å². The number of piperidine rings is 1. The summed E-state index contributed by atoms with van der Waals surface area (Å²) in [7, 11) is -3.32. The molecule has 1 amide bonds. The summed E-state index contributed by atoms with van der Waals surface area (Å²) < 4.78 is 25.4. The molecule has 0 saturated carbocycles. The lowest BCUT2D eigenvalue weighted by Crippen LogP contribution is -2.39. The fourth-order valence-corrected chi connectivity index (χ4v) is 3.02. The van der Waals surface area contributed by atoms with Gasteiger partial charge in [-0.25, -0.2) is 8.42 Å². The van der Waals surface area contributed by atoms with Crippen molar-refractivity contribution in [3.05, 3.63) is 29.8 Å². The van der Waals surface area contributed by atoms with Gasteiger partial charge in [-0.1, -0.05) is 0 Å². The number of hydrogen-bond donors (Lipinski definition) is 1. The number of carbonyl (C=O) groups is 1. The average molecular weight is 321 g/mol. The highest BCUT2D eigenvalue weighted by molar-refractivity contribution is 7.92. The highest BCUT2D eigenvalue weighted by Crippen LogP contribution is 2.19. The zero-order valence-corrected chi connectivity index (χ0v) is 13.3. The number of likely N-dealkylation sites (tertiary alicyclic amines) is 1. The van der Waals surface area contributed by atoms with Crippen molar-refractivity contribution in [1.82, 2.24) is 4.90 Å². The zero-order valence-electron chi connectivity index (χ0n) is 12.4. The van der Waals surface area contributed by atoms with Crippen molar-refractivity contribution in [3.63, 3.8) is 0 Å². The molecule has 1 fully saturated rings. The van der Waals surface area contributed by atoms with Crippen molar-refractivity contribution >= 4 is 21.6 Å². The molecule has 118 valence electrons. The molecule has 0 aromatic heterocycles. The second kappa shape index (κ2) is 6.79. The molecule has 0 bridgehead atoms. The Morgan fingerprint density at radius 3 is 2.68 bits per heavy atom. The van der Waals surface area contributed by atoms with Gasteiger partial charge in [0, 0.05) is 24.3 Å². The molecule has 22 heavy (non-hydrogen) atoms. The summed E-state index contributed by atoms with van der Waals surface area (Å²) in [5.74, 6) is -0.227. The van der Waals surface area contributed by atoms with Gasteiger partial charge in [-0.2, -0.15) is 5.26 Å². The Kier molecular flexibility index (Phi) is 5.03. The normalized spacial score (nSPS) is 18.5. The van der Waals surface area contributed by atoms with E-state index >= 15 is 0 Å². The number of benzene rings is 1. The van der Waals surface area contributed by atoms with Crippen LogP contribution in [0.15, 0.2) is 24.3 Å². The van der Waals surface area contributed by atoms with Gasteiger partial charge >= 0.3 is 0 Å². The largest absolute Gasteiger partial charge is 0.337 e. The Balaban J connectivity index is 2.07. The van der Waals surface area contributed by atoms with Crippen LogP contribution in [-0.4, -0.2) is 38.1 Å². The van der Waals surface area contributed by atoms with Crippen LogP contribution in [0.1, 0.15) is 30.1 Å². The van der Waals surface area contributed by atoms with Crippen LogP contribution in [0.3, 0.4) is 0 Å². The molecule has 6 nitrogen and oxygen atoms in total. The smallest absolute Gasteiger partial charge is 0.253 e.